The maximum absolute atomic E-state index is 13.6. The van der Waals surface area contributed by atoms with E-state index in [2.05, 4.69) is 0 Å². The van der Waals surface area contributed by atoms with E-state index >= 15 is 0 Å². The molecular formula is C11H13FN2O3. The molecule has 0 spiro atoms. The minimum Gasteiger partial charge on any atom is -0.618 e. The molecule has 0 saturated carbocycles. The third-order valence-electron chi connectivity index (χ3n) is 2.76. The Morgan fingerprint density at radius 2 is 1.76 bits per heavy atom. The molecule has 0 aliphatic carbocycles. The van der Waals surface area contributed by atoms with Crippen LogP contribution in [-0.2, 0) is 0 Å². The van der Waals surface area contributed by atoms with Gasteiger partial charge in [-0.15, -0.1) is 9.48 Å². The normalized spacial score (nSPS) is 17.2. The summed E-state index contributed by atoms with van der Waals surface area (Å²) < 4.78 is 19.7. The fourth-order valence-corrected chi connectivity index (χ4v) is 1.80. The van der Waals surface area contributed by atoms with Crippen molar-refractivity contribution in [3.05, 3.63) is 39.1 Å². The zero-order chi connectivity index (χ0) is 12.8. The number of fused-ring (bicyclic) bond motifs is 1. The Balaban J connectivity index is 2.80. The first-order valence-electron chi connectivity index (χ1n) is 5.30. The number of nitrogens with zero attached hydrogens (tertiary/aromatic N) is 2. The Hall–Kier alpha value is -1.85. The fourth-order valence-electron chi connectivity index (χ4n) is 1.80. The van der Waals surface area contributed by atoms with Gasteiger partial charge in [-0.1, -0.05) is 0 Å². The van der Waals surface area contributed by atoms with E-state index in [-0.39, 0.29) is 16.5 Å². The number of rotatable bonds is 2. The summed E-state index contributed by atoms with van der Waals surface area (Å²) in [4.78, 5) is 0. The smallest absolute Gasteiger partial charge is 0.366 e. The topological polar surface area (TPSA) is 61.4 Å². The maximum Gasteiger partial charge on any atom is 0.366 e. The third-order valence-corrected chi connectivity index (χ3v) is 2.76. The summed E-state index contributed by atoms with van der Waals surface area (Å²) in [6.45, 7) is 4.96. The Bertz CT molecular complexity index is 595. The first-order chi connectivity index (χ1) is 7.89. The SMILES string of the molecule is CCOc1cc2c(cc1F)=[N+]([O-])C(C)(C)[N+]=2[O-]. The summed E-state index contributed by atoms with van der Waals surface area (Å²) in [5.41, 5.74) is -1.26. The highest BCUT2D eigenvalue weighted by atomic mass is 19.1. The molecule has 17 heavy (non-hydrogen) atoms. The fraction of sp³-hybridized carbons (Fsp3) is 0.455. The lowest BCUT2D eigenvalue weighted by Crippen LogP contribution is -2.46. The van der Waals surface area contributed by atoms with Crippen molar-refractivity contribution in [2.45, 2.75) is 26.4 Å². The van der Waals surface area contributed by atoms with Crippen LogP contribution in [0, 0.1) is 16.2 Å². The van der Waals surface area contributed by atoms with Crippen LogP contribution in [0.2, 0.25) is 0 Å². The largest absolute Gasteiger partial charge is 0.618 e. The maximum atomic E-state index is 13.6. The lowest BCUT2D eigenvalue weighted by molar-refractivity contribution is 0.319. The monoisotopic (exact) mass is 240 g/mol. The van der Waals surface area contributed by atoms with Gasteiger partial charge in [-0.3, -0.25) is 0 Å². The Labute approximate surface area is 97.2 Å². The van der Waals surface area contributed by atoms with Crippen molar-refractivity contribution in [3.8, 4) is 5.75 Å². The Kier molecular flexibility index (Phi) is 2.45. The lowest BCUT2D eigenvalue weighted by atomic mass is 10.3. The number of halogens is 1. The molecule has 6 heteroatoms. The standard InChI is InChI=1S/C11H13FN2O3/c1-4-17-10-6-9-8(5-7(10)12)13(15)11(2,3)14(9)16/h5-6H,4H2,1-3H3. The van der Waals surface area contributed by atoms with Gasteiger partial charge in [0.1, 0.15) is 0 Å². The van der Waals surface area contributed by atoms with E-state index in [0.29, 0.717) is 16.1 Å². The first kappa shape index (κ1) is 11.6. The van der Waals surface area contributed by atoms with Crippen molar-refractivity contribution in [1.29, 1.82) is 0 Å². The van der Waals surface area contributed by atoms with Crippen molar-refractivity contribution in [3.63, 3.8) is 0 Å². The molecule has 1 aromatic carbocycles. The van der Waals surface area contributed by atoms with Crippen LogP contribution in [0.1, 0.15) is 20.8 Å². The van der Waals surface area contributed by atoms with E-state index in [1.807, 2.05) is 0 Å². The highest BCUT2D eigenvalue weighted by molar-refractivity contribution is 5.25. The van der Waals surface area contributed by atoms with Crippen LogP contribution in [-0.4, -0.2) is 12.3 Å². The van der Waals surface area contributed by atoms with Crippen LogP contribution in [0.5, 0.6) is 5.75 Å². The second-order valence-corrected chi connectivity index (χ2v) is 4.29. The van der Waals surface area contributed by atoms with Gasteiger partial charge in [-0.2, -0.15) is 0 Å². The third kappa shape index (κ3) is 1.51. The van der Waals surface area contributed by atoms with Gasteiger partial charge >= 0.3 is 5.66 Å². The molecular weight excluding hydrogens is 227 g/mol. The van der Waals surface area contributed by atoms with Gasteiger partial charge < -0.3 is 15.2 Å². The summed E-state index contributed by atoms with van der Waals surface area (Å²) in [6, 6.07) is 2.30. The van der Waals surface area contributed by atoms with Crippen molar-refractivity contribution in [2.24, 2.45) is 0 Å². The molecule has 1 heterocycles. The van der Waals surface area contributed by atoms with Crippen molar-refractivity contribution in [2.75, 3.05) is 6.61 Å². The van der Waals surface area contributed by atoms with E-state index in [9.17, 15) is 14.8 Å². The van der Waals surface area contributed by atoms with Gasteiger partial charge in [0.15, 0.2) is 11.6 Å². The molecule has 0 fully saturated rings. The van der Waals surface area contributed by atoms with Gasteiger partial charge in [-0.05, 0) is 6.92 Å². The van der Waals surface area contributed by atoms with Crippen molar-refractivity contribution in [1.82, 2.24) is 9.48 Å². The summed E-state index contributed by atoms with van der Waals surface area (Å²) in [6.07, 6.45) is 0. The van der Waals surface area contributed by atoms with Crippen LogP contribution in [0.3, 0.4) is 0 Å². The summed E-state index contributed by atoms with van der Waals surface area (Å²) in [5.74, 6) is -0.657. The number of hydrogen-bond donors (Lipinski definition) is 0. The lowest BCUT2D eigenvalue weighted by Gasteiger charge is -2.17. The first-order valence-corrected chi connectivity index (χ1v) is 5.30. The molecule has 92 valence electrons. The minimum absolute atomic E-state index is 0.0156. The van der Waals surface area contributed by atoms with E-state index in [1.165, 1.54) is 19.9 Å². The van der Waals surface area contributed by atoms with E-state index in [0.717, 1.165) is 6.07 Å². The number of ether oxygens (including phenoxy) is 1. The highest BCUT2D eigenvalue weighted by Gasteiger charge is 2.42. The molecule has 1 aliphatic heterocycles. The van der Waals surface area contributed by atoms with Crippen LogP contribution >= 0.6 is 0 Å². The van der Waals surface area contributed by atoms with Crippen LogP contribution in [0.25, 0.3) is 0 Å². The van der Waals surface area contributed by atoms with Crippen molar-refractivity contribution < 1.29 is 9.13 Å². The Morgan fingerprint density at radius 1 is 1.24 bits per heavy atom. The van der Waals surface area contributed by atoms with E-state index in [4.69, 9.17) is 4.74 Å². The molecule has 0 radical (unpaired) electrons. The van der Waals surface area contributed by atoms with Gasteiger partial charge in [0, 0.05) is 0 Å². The van der Waals surface area contributed by atoms with Gasteiger partial charge in [0.05, 0.1) is 32.6 Å². The van der Waals surface area contributed by atoms with Gasteiger partial charge in [-0.25, -0.2) is 4.39 Å². The molecule has 0 bridgehead atoms. The number of hydroxylamine groups is 2. The molecule has 0 atom stereocenters. The quantitative estimate of drug-likeness (QED) is 0.538. The minimum atomic E-state index is -1.26. The van der Waals surface area contributed by atoms with Crippen LogP contribution in [0.15, 0.2) is 12.1 Å². The molecule has 0 unspecified atom stereocenters. The molecule has 5 nitrogen and oxygen atoms in total. The van der Waals surface area contributed by atoms with Crippen LogP contribution < -0.4 is 24.9 Å². The van der Waals surface area contributed by atoms with E-state index < -0.39 is 11.5 Å². The molecule has 0 saturated heterocycles. The Morgan fingerprint density at radius 3 is 2.29 bits per heavy atom. The van der Waals surface area contributed by atoms with Gasteiger partial charge in [0.2, 0.25) is 0 Å². The van der Waals surface area contributed by atoms with Crippen LogP contribution in [0.4, 0.5) is 4.39 Å². The molecule has 1 aromatic rings. The average molecular weight is 240 g/mol. The average Bonchev–Trinajstić information content (AvgIpc) is 2.43. The summed E-state index contributed by atoms with van der Waals surface area (Å²) in [5, 5.41) is 23.9. The second kappa shape index (κ2) is 3.58. The molecule has 0 N–H and O–H groups in total. The molecule has 1 aliphatic rings. The highest BCUT2D eigenvalue weighted by Crippen LogP contribution is 2.13. The molecule has 2 rings (SSSR count). The predicted octanol–water partition coefficient (Wildman–Crippen LogP) is -0.0481. The van der Waals surface area contributed by atoms with Crippen molar-refractivity contribution >= 4 is 0 Å². The predicted molar refractivity (Wildman–Crippen MR) is 60.1 cm³/mol. The zero-order valence-electron chi connectivity index (χ0n) is 9.86. The molecule has 0 amide bonds. The zero-order valence-corrected chi connectivity index (χ0v) is 9.86. The molecule has 0 aromatic heterocycles. The van der Waals surface area contributed by atoms with Gasteiger partial charge in [0.25, 0.3) is 10.7 Å². The summed E-state index contributed by atoms with van der Waals surface area (Å²) in [7, 11) is 0. The number of benzene rings is 1. The number of hydrogen-bond acceptors (Lipinski definition) is 3. The summed E-state index contributed by atoms with van der Waals surface area (Å²) >= 11 is 0. The second-order valence-electron chi connectivity index (χ2n) is 4.29. The van der Waals surface area contributed by atoms with E-state index in [1.54, 1.807) is 6.92 Å².